The minimum absolute atomic E-state index is 0.0627. The van der Waals surface area contributed by atoms with Gasteiger partial charge in [-0.2, -0.15) is 0 Å². The molecule has 4 rings (SSSR count). The molecule has 32 heavy (non-hydrogen) atoms. The van der Waals surface area contributed by atoms with E-state index < -0.39 is 0 Å². The van der Waals surface area contributed by atoms with E-state index in [2.05, 4.69) is 20.6 Å². The Morgan fingerprint density at radius 2 is 1.81 bits per heavy atom. The number of halogens is 1. The van der Waals surface area contributed by atoms with Crippen LogP contribution in [0.3, 0.4) is 0 Å². The summed E-state index contributed by atoms with van der Waals surface area (Å²) < 4.78 is 0. The summed E-state index contributed by atoms with van der Waals surface area (Å²) in [7, 11) is 0. The van der Waals surface area contributed by atoms with Crippen LogP contribution in [0.5, 0.6) is 0 Å². The second-order valence-electron chi connectivity index (χ2n) is 7.02. The Morgan fingerprint density at radius 1 is 1.00 bits per heavy atom. The lowest BCUT2D eigenvalue weighted by molar-refractivity contribution is -0.119. The van der Waals surface area contributed by atoms with Gasteiger partial charge in [0.05, 0.1) is 17.8 Å². The van der Waals surface area contributed by atoms with Crippen molar-refractivity contribution < 1.29 is 9.59 Å². The summed E-state index contributed by atoms with van der Waals surface area (Å²) in [6.07, 6.45) is 0.170. The number of anilines is 1. The highest BCUT2D eigenvalue weighted by Crippen LogP contribution is 2.27. The maximum absolute atomic E-state index is 12.5. The zero-order valence-electron chi connectivity index (χ0n) is 17.1. The molecule has 0 aliphatic carbocycles. The van der Waals surface area contributed by atoms with Gasteiger partial charge < -0.3 is 10.6 Å². The zero-order valence-corrected chi connectivity index (χ0v) is 19.5. The number of aromatic nitrogens is 2. The molecule has 2 heterocycles. The molecule has 0 saturated heterocycles. The maximum Gasteiger partial charge on any atom is 0.232 e. The Hall–Kier alpha value is -3.07. The van der Waals surface area contributed by atoms with Crippen molar-refractivity contribution >= 4 is 51.2 Å². The van der Waals surface area contributed by atoms with Crippen LogP contribution in [0.2, 0.25) is 5.02 Å². The summed E-state index contributed by atoms with van der Waals surface area (Å²) in [5, 5.41) is 11.4. The van der Waals surface area contributed by atoms with Crippen LogP contribution in [-0.4, -0.2) is 21.8 Å². The molecule has 162 valence electrons. The fourth-order valence-electron chi connectivity index (χ4n) is 2.95. The van der Waals surface area contributed by atoms with Gasteiger partial charge in [-0.25, -0.2) is 9.97 Å². The molecular weight excluding hydrogens is 464 g/mol. The van der Waals surface area contributed by atoms with Gasteiger partial charge in [-0.1, -0.05) is 48.0 Å². The monoisotopic (exact) mass is 482 g/mol. The Balaban J connectivity index is 1.35. The van der Waals surface area contributed by atoms with E-state index in [0.717, 1.165) is 27.4 Å². The SMILES string of the molecule is CC(=O)NCc1ccc(-c2csc(NC(=O)Cc3csc(-c4cccc(Cl)c4)n3)n2)cc1. The van der Waals surface area contributed by atoms with Crippen molar-refractivity contribution in [3.63, 3.8) is 0 Å². The van der Waals surface area contributed by atoms with Gasteiger partial charge in [0.1, 0.15) is 5.01 Å². The minimum atomic E-state index is -0.167. The Bertz CT molecular complexity index is 1250. The fraction of sp³-hybridized carbons (Fsp3) is 0.130. The van der Waals surface area contributed by atoms with Crippen LogP contribution in [0.25, 0.3) is 21.8 Å². The molecule has 0 fully saturated rings. The number of thiazole rings is 2. The van der Waals surface area contributed by atoms with Gasteiger partial charge in [-0.15, -0.1) is 22.7 Å². The van der Waals surface area contributed by atoms with E-state index in [4.69, 9.17) is 11.6 Å². The maximum atomic E-state index is 12.5. The molecule has 0 aliphatic rings. The van der Waals surface area contributed by atoms with Crippen molar-refractivity contribution in [2.24, 2.45) is 0 Å². The first-order valence-corrected chi connectivity index (χ1v) is 11.9. The zero-order chi connectivity index (χ0) is 22.5. The van der Waals surface area contributed by atoms with Crippen LogP contribution in [-0.2, 0) is 22.6 Å². The van der Waals surface area contributed by atoms with Crippen molar-refractivity contribution in [2.45, 2.75) is 19.9 Å². The predicted molar refractivity (Wildman–Crippen MR) is 130 cm³/mol. The van der Waals surface area contributed by atoms with Gasteiger partial charge in [0, 0.05) is 40.4 Å². The molecule has 0 bridgehead atoms. The molecule has 9 heteroatoms. The van der Waals surface area contributed by atoms with Gasteiger partial charge in [-0.05, 0) is 17.7 Å². The number of benzene rings is 2. The lowest BCUT2D eigenvalue weighted by atomic mass is 10.1. The Morgan fingerprint density at radius 3 is 2.56 bits per heavy atom. The molecule has 6 nitrogen and oxygen atoms in total. The van der Waals surface area contributed by atoms with Crippen molar-refractivity contribution in [2.75, 3.05) is 5.32 Å². The number of amides is 2. The largest absolute Gasteiger partial charge is 0.352 e. The van der Waals surface area contributed by atoms with E-state index in [-0.39, 0.29) is 18.2 Å². The van der Waals surface area contributed by atoms with E-state index in [1.165, 1.54) is 29.6 Å². The first-order valence-electron chi connectivity index (χ1n) is 9.76. The number of nitrogens with zero attached hydrogens (tertiary/aromatic N) is 2. The molecule has 2 aromatic heterocycles. The Labute approximate surface area is 198 Å². The molecule has 2 aromatic carbocycles. The normalized spacial score (nSPS) is 10.7. The number of nitrogens with one attached hydrogen (secondary N) is 2. The van der Waals surface area contributed by atoms with Crippen LogP contribution >= 0.6 is 34.3 Å². The molecule has 0 saturated carbocycles. The van der Waals surface area contributed by atoms with E-state index in [1.807, 2.05) is 59.3 Å². The van der Waals surface area contributed by atoms with E-state index in [0.29, 0.717) is 22.4 Å². The number of carbonyl (C=O) groups excluding carboxylic acids is 2. The number of hydrogen-bond donors (Lipinski definition) is 2. The molecule has 4 aromatic rings. The minimum Gasteiger partial charge on any atom is -0.352 e. The first kappa shape index (κ1) is 22.1. The summed E-state index contributed by atoms with van der Waals surface area (Å²) in [5.74, 6) is -0.230. The van der Waals surface area contributed by atoms with Crippen LogP contribution in [0, 0.1) is 0 Å². The summed E-state index contributed by atoms with van der Waals surface area (Å²) >= 11 is 8.90. The highest BCUT2D eigenvalue weighted by atomic mass is 35.5. The number of carbonyl (C=O) groups is 2. The van der Waals surface area contributed by atoms with Crippen molar-refractivity contribution in [1.29, 1.82) is 0 Å². The smallest absolute Gasteiger partial charge is 0.232 e. The number of hydrogen-bond acceptors (Lipinski definition) is 6. The predicted octanol–water partition coefficient (Wildman–Crippen LogP) is 5.40. The molecular formula is C23H19ClN4O2S2. The number of rotatable bonds is 7. The molecule has 0 aliphatic heterocycles. The topological polar surface area (TPSA) is 84.0 Å². The van der Waals surface area contributed by atoms with Crippen LogP contribution in [0.1, 0.15) is 18.2 Å². The highest BCUT2D eigenvalue weighted by Gasteiger charge is 2.12. The standard InChI is InChI=1S/C23H19ClN4O2S2/c1-14(29)25-11-15-5-7-16(8-6-15)20-13-32-23(27-20)28-21(30)10-19-12-31-22(26-19)17-3-2-4-18(24)9-17/h2-9,12-13H,10-11H2,1H3,(H,25,29)(H,27,28,30). The summed E-state index contributed by atoms with van der Waals surface area (Å²) in [4.78, 5) is 32.6. The third-order valence-corrected chi connectivity index (χ3v) is 6.44. The van der Waals surface area contributed by atoms with Crippen molar-refractivity contribution in [1.82, 2.24) is 15.3 Å². The molecule has 2 N–H and O–H groups in total. The third-order valence-electron chi connectivity index (χ3n) is 4.51. The second-order valence-corrected chi connectivity index (χ2v) is 9.18. The van der Waals surface area contributed by atoms with Gasteiger partial charge >= 0.3 is 0 Å². The summed E-state index contributed by atoms with van der Waals surface area (Å²) in [6, 6.07) is 15.3. The highest BCUT2D eigenvalue weighted by molar-refractivity contribution is 7.14. The van der Waals surface area contributed by atoms with Crippen LogP contribution in [0.4, 0.5) is 5.13 Å². The quantitative estimate of drug-likeness (QED) is 0.369. The molecule has 0 spiro atoms. The van der Waals surface area contributed by atoms with Crippen LogP contribution < -0.4 is 10.6 Å². The van der Waals surface area contributed by atoms with E-state index in [9.17, 15) is 9.59 Å². The van der Waals surface area contributed by atoms with Crippen molar-refractivity contribution in [3.05, 3.63) is 75.6 Å². The fourth-order valence-corrected chi connectivity index (χ4v) is 4.70. The van der Waals surface area contributed by atoms with Crippen molar-refractivity contribution in [3.8, 4) is 21.8 Å². The molecule has 0 radical (unpaired) electrons. The first-order chi connectivity index (χ1) is 15.5. The van der Waals surface area contributed by atoms with Gasteiger partial charge in [-0.3, -0.25) is 9.59 Å². The van der Waals surface area contributed by atoms with Crippen LogP contribution in [0.15, 0.2) is 59.3 Å². The third kappa shape index (κ3) is 5.79. The molecule has 0 unspecified atom stereocenters. The van der Waals surface area contributed by atoms with Gasteiger partial charge in [0.25, 0.3) is 0 Å². The lowest BCUT2D eigenvalue weighted by Gasteiger charge is -2.03. The molecule has 2 amide bonds. The summed E-state index contributed by atoms with van der Waals surface area (Å²) in [6.45, 7) is 1.98. The van der Waals surface area contributed by atoms with E-state index >= 15 is 0 Å². The lowest BCUT2D eigenvalue weighted by Crippen LogP contribution is -2.18. The van der Waals surface area contributed by atoms with Gasteiger partial charge in [0.15, 0.2) is 5.13 Å². The van der Waals surface area contributed by atoms with Gasteiger partial charge in [0.2, 0.25) is 11.8 Å². The Kier molecular flexibility index (Phi) is 6.94. The average Bonchev–Trinajstić information content (AvgIpc) is 3.42. The average molecular weight is 483 g/mol. The second kappa shape index (κ2) is 10.0. The molecule has 0 atom stereocenters. The van der Waals surface area contributed by atoms with E-state index in [1.54, 1.807) is 0 Å². The summed E-state index contributed by atoms with van der Waals surface area (Å²) in [5.41, 5.74) is 4.37.